The highest BCUT2D eigenvalue weighted by atomic mass is 28.3. The number of benzene rings is 1. The van der Waals surface area contributed by atoms with Gasteiger partial charge in [0.05, 0.1) is 0 Å². The third kappa shape index (κ3) is 2.52. The summed E-state index contributed by atoms with van der Waals surface area (Å²) in [6.45, 7) is 6.92. The first kappa shape index (κ1) is 10.5. The summed E-state index contributed by atoms with van der Waals surface area (Å²) < 4.78 is 0. The van der Waals surface area contributed by atoms with E-state index in [9.17, 15) is 0 Å². The van der Waals surface area contributed by atoms with Crippen molar-refractivity contribution in [3.05, 3.63) is 35.4 Å². The van der Waals surface area contributed by atoms with Crippen LogP contribution in [0.3, 0.4) is 0 Å². The first-order chi connectivity index (χ1) is 7.06. The number of hydrogen-bond donors (Lipinski definition) is 0. The summed E-state index contributed by atoms with van der Waals surface area (Å²) in [7, 11) is -1.21. The molecule has 1 atom stereocenters. The molecule has 1 aromatic carbocycles. The van der Waals surface area contributed by atoms with E-state index in [0.29, 0.717) is 5.92 Å². The van der Waals surface area contributed by atoms with Gasteiger partial charge in [-0.3, -0.25) is 0 Å². The van der Waals surface area contributed by atoms with E-state index in [-0.39, 0.29) is 0 Å². The maximum Gasteiger partial charge on any atom is 0.129 e. The van der Waals surface area contributed by atoms with Crippen molar-refractivity contribution < 1.29 is 0 Å². The van der Waals surface area contributed by atoms with Crippen molar-refractivity contribution in [1.82, 2.24) is 0 Å². The predicted octanol–water partition coefficient (Wildman–Crippen LogP) is 3.60. The SMILES string of the molecule is C[Si](C)(C)C#CC1CCc2ccccc21. The second kappa shape index (κ2) is 3.87. The minimum absolute atomic E-state index is 0.507. The standard InChI is InChI=1S/C14H18Si/c1-15(2,3)11-10-13-9-8-12-6-4-5-7-14(12)13/h4-7,13H,8-9H2,1-3H3. The number of fused-ring (bicyclic) bond motifs is 1. The van der Waals surface area contributed by atoms with Crippen LogP contribution < -0.4 is 0 Å². The largest absolute Gasteiger partial charge is 0.131 e. The highest BCUT2D eigenvalue weighted by Gasteiger charge is 2.20. The molecular weight excluding hydrogens is 196 g/mol. The molecule has 0 aromatic heterocycles. The van der Waals surface area contributed by atoms with E-state index in [4.69, 9.17) is 0 Å². The zero-order chi connectivity index (χ0) is 10.9. The molecule has 0 fully saturated rings. The summed E-state index contributed by atoms with van der Waals surface area (Å²) in [5, 5.41) is 0. The second-order valence-electron chi connectivity index (χ2n) is 5.31. The predicted molar refractivity (Wildman–Crippen MR) is 68.6 cm³/mol. The molecule has 0 aliphatic heterocycles. The molecule has 0 N–H and O–H groups in total. The molecule has 0 radical (unpaired) electrons. The molecule has 0 heterocycles. The maximum absolute atomic E-state index is 3.49. The van der Waals surface area contributed by atoms with Gasteiger partial charge in [-0.05, 0) is 24.0 Å². The molecule has 1 aliphatic carbocycles. The number of hydrogen-bond acceptors (Lipinski definition) is 0. The van der Waals surface area contributed by atoms with Crippen molar-refractivity contribution in [1.29, 1.82) is 0 Å². The van der Waals surface area contributed by atoms with Gasteiger partial charge in [-0.25, -0.2) is 0 Å². The molecule has 15 heavy (non-hydrogen) atoms. The van der Waals surface area contributed by atoms with Crippen molar-refractivity contribution in [2.75, 3.05) is 0 Å². The van der Waals surface area contributed by atoms with Crippen LogP contribution in [0, 0.1) is 11.5 Å². The molecule has 0 saturated carbocycles. The molecule has 1 aromatic rings. The van der Waals surface area contributed by atoms with Crippen molar-refractivity contribution in [3.8, 4) is 11.5 Å². The number of aryl methyl sites for hydroxylation is 1. The van der Waals surface area contributed by atoms with E-state index >= 15 is 0 Å². The summed E-state index contributed by atoms with van der Waals surface area (Å²) in [6, 6.07) is 8.75. The Balaban J connectivity index is 2.24. The lowest BCUT2D eigenvalue weighted by Crippen LogP contribution is -2.16. The fourth-order valence-electron chi connectivity index (χ4n) is 2.01. The van der Waals surface area contributed by atoms with Gasteiger partial charge in [0, 0.05) is 5.92 Å². The summed E-state index contributed by atoms with van der Waals surface area (Å²) in [5.74, 6) is 4.00. The lowest BCUT2D eigenvalue weighted by Gasteiger charge is -2.07. The molecule has 0 spiro atoms. The van der Waals surface area contributed by atoms with E-state index in [1.165, 1.54) is 24.0 Å². The normalized spacial score (nSPS) is 19.3. The van der Waals surface area contributed by atoms with Crippen LogP contribution in [0.15, 0.2) is 24.3 Å². The van der Waals surface area contributed by atoms with Gasteiger partial charge in [-0.2, -0.15) is 0 Å². The highest BCUT2D eigenvalue weighted by Crippen LogP contribution is 2.32. The summed E-state index contributed by atoms with van der Waals surface area (Å²) in [5.41, 5.74) is 6.48. The topological polar surface area (TPSA) is 0 Å². The summed E-state index contributed by atoms with van der Waals surface area (Å²) >= 11 is 0. The van der Waals surface area contributed by atoms with Gasteiger partial charge in [0.15, 0.2) is 0 Å². The van der Waals surface area contributed by atoms with Crippen molar-refractivity contribution >= 4 is 8.07 Å². The Morgan fingerprint density at radius 2 is 1.93 bits per heavy atom. The third-order valence-corrected chi connectivity index (χ3v) is 3.65. The summed E-state index contributed by atoms with van der Waals surface area (Å²) in [6.07, 6.45) is 2.43. The Bertz CT molecular complexity index is 415. The first-order valence-electron chi connectivity index (χ1n) is 5.67. The van der Waals surface area contributed by atoms with Crippen molar-refractivity contribution in [2.24, 2.45) is 0 Å². The minimum Gasteiger partial charge on any atom is -0.131 e. The molecule has 0 amide bonds. The lowest BCUT2D eigenvalue weighted by molar-refractivity contribution is 0.836. The molecule has 2 rings (SSSR count). The average Bonchev–Trinajstić information content (AvgIpc) is 2.57. The molecule has 1 unspecified atom stereocenters. The fourth-order valence-corrected chi connectivity index (χ4v) is 2.62. The van der Waals surface area contributed by atoms with Crippen LogP contribution >= 0.6 is 0 Å². The molecule has 1 heteroatoms. The van der Waals surface area contributed by atoms with E-state index in [1.54, 1.807) is 0 Å². The van der Waals surface area contributed by atoms with Crippen LogP contribution in [0.2, 0.25) is 19.6 Å². The van der Waals surface area contributed by atoms with E-state index < -0.39 is 8.07 Å². The van der Waals surface area contributed by atoms with Gasteiger partial charge in [-0.15, -0.1) is 11.5 Å². The van der Waals surface area contributed by atoms with E-state index in [1.807, 2.05) is 0 Å². The molecule has 0 nitrogen and oxygen atoms in total. The summed E-state index contributed by atoms with van der Waals surface area (Å²) in [4.78, 5) is 0. The highest BCUT2D eigenvalue weighted by molar-refractivity contribution is 6.83. The van der Waals surface area contributed by atoms with E-state index in [2.05, 4.69) is 55.4 Å². The average molecular weight is 214 g/mol. The smallest absolute Gasteiger partial charge is 0.129 e. The quantitative estimate of drug-likeness (QED) is 0.457. The first-order valence-corrected chi connectivity index (χ1v) is 9.17. The molecule has 0 saturated heterocycles. The molecule has 1 aliphatic rings. The maximum atomic E-state index is 3.49. The minimum atomic E-state index is -1.21. The molecular formula is C14H18Si. The van der Waals surface area contributed by atoms with Crippen molar-refractivity contribution in [3.63, 3.8) is 0 Å². The Morgan fingerprint density at radius 3 is 2.67 bits per heavy atom. The zero-order valence-corrected chi connectivity index (χ0v) is 10.8. The van der Waals surface area contributed by atoms with E-state index in [0.717, 1.165) is 0 Å². The molecule has 0 bridgehead atoms. The van der Waals surface area contributed by atoms with Crippen LogP contribution in [-0.4, -0.2) is 8.07 Å². The van der Waals surface area contributed by atoms with Gasteiger partial charge >= 0.3 is 0 Å². The number of rotatable bonds is 0. The van der Waals surface area contributed by atoms with Crippen molar-refractivity contribution in [2.45, 2.75) is 38.4 Å². The Labute approximate surface area is 93.7 Å². The van der Waals surface area contributed by atoms with Crippen LogP contribution in [0.5, 0.6) is 0 Å². The monoisotopic (exact) mass is 214 g/mol. The van der Waals surface area contributed by atoms with Crippen LogP contribution in [0.1, 0.15) is 23.5 Å². The Morgan fingerprint density at radius 1 is 1.20 bits per heavy atom. The molecule has 78 valence electrons. The Kier molecular flexibility index (Phi) is 2.71. The van der Waals surface area contributed by atoms with Gasteiger partial charge in [0.25, 0.3) is 0 Å². The Hall–Kier alpha value is -1.00. The zero-order valence-electron chi connectivity index (χ0n) is 9.80. The lowest BCUT2D eigenvalue weighted by atomic mass is 10.0. The van der Waals surface area contributed by atoms with Gasteiger partial charge < -0.3 is 0 Å². The van der Waals surface area contributed by atoms with Crippen LogP contribution in [0.25, 0.3) is 0 Å². The fraction of sp³-hybridized carbons (Fsp3) is 0.429. The van der Waals surface area contributed by atoms with Crippen LogP contribution in [-0.2, 0) is 6.42 Å². The second-order valence-corrected chi connectivity index (χ2v) is 10.1. The van der Waals surface area contributed by atoms with Gasteiger partial charge in [-0.1, -0.05) is 43.9 Å². The van der Waals surface area contributed by atoms with Gasteiger partial charge in [0.1, 0.15) is 8.07 Å². The third-order valence-electron chi connectivity index (χ3n) is 2.75. The van der Waals surface area contributed by atoms with Gasteiger partial charge in [0.2, 0.25) is 0 Å². The van der Waals surface area contributed by atoms with Crippen LogP contribution in [0.4, 0.5) is 0 Å².